The van der Waals surface area contributed by atoms with Crippen LogP contribution < -0.4 is 39.0 Å². The minimum absolute atomic E-state index is 0. The van der Waals surface area contributed by atoms with Crippen LogP contribution in [0.3, 0.4) is 0 Å². The standard InChI is InChI=1S/C29H29ClN2O7S3.Na/c1-2-20(18-28-31(13-5-15-41(33,34)35)24-19-22(30)10-12-26(24)40-28)17-27-32(14-6-16-42(36,37)38)29-23-8-4-3-7-21(23)9-11-25(29)39-27;/h3-4,7-12,17-19H,2,5-6,13-16H2,1H3,(H-,33,34,35,36,37,38);/q;+1/p-1. The summed E-state index contributed by atoms with van der Waals surface area (Å²) in [5.41, 5.74) is 3.17. The quantitative estimate of drug-likeness (QED) is 0.134. The maximum absolute atomic E-state index is 11.3. The van der Waals surface area contributed by atoms with E-state index in [1.807, 2.05) is 77.1 Å². The summed E-state index contributed by atoms with van der Waals surface area (Å²) >= 11 is 7.78. The van der Waals surface area contributed by atoms with Crippen molar-refractivity contribution < 1.29 is 64.5 Å². The van der Waals surface area contributed by atoms with Crippen molar-refractivity contribution in [3.63, 3.8) is 0 Å². The Morgan fingerprint density at radius 2 is 1.74 bits per heavy atom. The molecule has 3 aromatic carbocycles. The van der Waals surface area contributed by atoms with Gasteiger partial charge in [-0.25, -0.2) is 16.8 Å². The molecule has 0 amide bonds. The summed E-state index contributed by atoms with van der Waals surface area (Å²) in [6.07, 6.45) is 4.78. The summed E-state index contributed by atoms with van der Waals surface area (Å²) in [5, 5.41) is 3.32. The Kier molecular flexibility index (Phi) is 11.1. The molecule has 0 saturated heterocycles. The number of hydrogen-bond donors (Lipinski definition) is 0. The molecule has 43 heavy (non-hydrogen) atoms. The van der Waals surface area contributed by atoms with Gasteiger partial charge in [-0.15, -0.1) is 0 Å². The predicted octanol–water partition coefficient (Wildman–Crippen LogP) is 2.65. The molecule has 14 heteroatoms. The average molecular weight is 671 g/mol. The minimum atomic E-state index is -4.38. The van der Waals surface area contributed by atoms with Crippen molar-refractivity contribution >= 4 is 77.2 Å². The zero-order valence-corrected chi connectivity index (χ0v) is 28.9. The van der Waals surface area contributed by atoms with Crippen LogP contribution in [0.1, 0.15) is 32.1 Å². The van der Waals surface area contributed by atoms with Crippen LogP contribution in [0.5, 0.6) is 0 Å². The number of rotatable bonds is 11. The number of halogens is 1. The summed E-state index contributed by atoms with van der Waals surface area (Å²) in [6.45, 7) is 2.56. The third kappa shape index (κ3) is 8.44. The molecule has 1 aromatic heterocycles. The number of aromatic nitrogens is 1. The maximum Gasteiger partial charge on any atom is 1.00 e. The number of anilines is 1. The van der Waals surface area contributed by atoms with E-state index in [4.69, 9.17) is 16.0 Å². The van der Waals surface area contributed by atoms with E-state index in [1.54, 1.807) is 6.07 Å². The maximum atomic E-state index is 11.3. The topological polar surface area (TPSA) is 135 Å². The van der Waals surface area contributed by atoms with Gasteiger partial charge >= 0.3 is 35.4 Å². The van der Waals surface area contributed by atoms with Crippen LogP contribution in [0.15, 0.2) is 80.6 Å². The fourth-order valence-electron chi connectivity index (χ4n) is 4.98. The molecular weight excluding hydrogens is 643 g/mol. The van der Waals surface area contributed by atoms with E-state index in [-0.39, 0.29) is 48.9 Å². The molecule has 1 aliphatic heterocycles. The molecule has 5 rings (SSSR count). The molecule has 9 nitrogen and oxygen atoms in total. The number of nitrogens with zero attached hydrogens (tertiary/aromatic N) is 2. The van der Waals surface area contributed by atoms with Gasteiger partial charge in [-0.1, -0.05) is 54.6 Å². The van der Waals surface area contributed by atoms with Crippen LogP contribution in [-0.4, -0.2) is 44.0 Å². The fraction of sp³-hybridized carbons (Fsp3) is 0.276. The van der Waals surface area contributed by atoms with Crippen LogP contribution in [0.2, 0.25) is 5.02 Å². The van der Waals surface area contributed by atoms with Gasteiger partial charge in [-0.2, -0.15) is 4.57 Å². The van der Waals surface area contributed by atoms with Gasteiger partial charge in [0.15, 0.2) is 6.54 Å². The molecule has 2 heterocycles. The van der Waals surface area contributed by atoms with Crippen molar-refractivity contribution in [1.29, 1.82) is 0 Å². The van der Waals surface area contributed by atoms with Crippen molar-refractivity contribution in [3.8, 4) is 0 Å². The van der Waals surface area contributed by atoms with Crippen LogP contribution in [0.25, 0.3) is 27.9 Å². The Labute approximate surface area is 282 Å². The Hall–Kier alpha value is -1.87. The smallest absolute Gasteiger partial charge is 0.748 e. The monoisotopic (exact) mass is 670 g/mol. The second kappa shape index (κ2) is 14.1. The molecule has 0 saturated carbocycles. The summed E-state index contributed by atoms with van der Waals surface area (Å²) in [6, 6.07) is 17.2. The van der Waals surface area contributed by atoms with Crippen LogP contribution >= 0.6 is 23.4 Å². The molecule has 1 aliphatic rings. The van der Waals surface area contributed by atoms with E-state index in [1.165, 1.54) is 11.8 Å². The second-order valence-corrected chi connectivity index (χ2v) is 14.4. The third-order valence-electron chi connectivity index (χ3n) is 6.88. The molecule has 0 aliphatic carbocycles. The molecule has 0 atom stereocenters. The van der Waals surface area contributed by atoms with E-state index < -0.39 is 31.7 Å². The first kappa shape index (κ1) is 34.0. The number of hydrogen-bond acceptors (Lipinski definition) is 9. The molecule has 0 spiro atoms. The zero-order chi connectivity index (χ0) is 30.1. The Morgan fingerprint density at radius 1 is 1.02 bits per heavy atom. The first-order valence-corrected chi connectivity index (χ1v) is 17.7. The molecule has 4 aromatic rings. The summed E-state index contributed by atoms with van der Waals surface area (Å²) in [5.74, 6) is -0.456. The van der Waals surface area contributed by atoms with Gasteiger partial charge in [-0.05, 0) is 60.2 Å². The van der Waals surface area contributed by atoms with E-state index in [0.29, 0.717) is 29.5 Å². The van der Waals surface area contributed by atoms with Crippen molar-refractivity contribution in [2.24, 2.45) is 0 Å². The first-order chi connectivity index (χ1) is 19.9. The Balaban J connectivity index is 0.00000423. The predicted molar refractivity (Wildman–Crippen MR) is 163 cm³/mol. The van der Waals surface area contributed by atoms with E-state index in [2.05, 4.69) is 0 Å². The SMILES string of the molecule is CCC(=Cc1oc2ccc3ccccc3c2[n+]1CCCS(=O)(=O)[O-])C=C1Sc2ccc(Cl)cc2N1CCCS(=O)(=O)[O-].[Na+]. The summed E-state index contributed by atoms with van der Waals surface area (Å²) in [7, 11) is -8.73. The van der Waals surface area contributed by atoms with Gasteiger partial charge in [0.2, 0.25) is 5.58 Å². The van der Waals surface area contributed by atoms with Crippen molar-refractivity contribution in [2.75, 3.05) is 23.0 Å². The average Bonchev–Trinajstić information content (AvgIpc) is 3.44. The largest absolute Gasteiger partial charge is 1.00 e. The number of fused-ring (bicyclic) bond motifs is 4. The number of benzene rings is 3. The Morgan fingerprint density at radius 3 is 2.47 bits per heavy atom. The van der Waals surface area contributed by atoms with Crippen LogP contribution in [-0.2, 0) is 26.8 Å². The molecule has 0 N–H and O–H groups in total. The molecule has 222 valence electrons. The number of aryl methyl sites for hydroxylation is 1. The van der Waals surface area contributed by atoms with Crippen molar-refractivity contribution in [1.82, 2.24) is 0 Å². The molecule has 0 fully saturated rings. The number of allylic oxidation sites excluding steroid dienone is 2. The van der Waals surface area contributed by atoms with E-state index in [0.717, 1.165) is 37.5 Å². The third-order valence-corrected chi connectivity index (χ3v) is 9.81. The minimum Gasteiger partial charge on any atom is -0.748 e. The molecule has 0 bridgehead atoms. The van der Waals surface area contributed by atoms with Gasteiger partial charge < -0.3 is 18.4 Å². The summed E-state index contributed by atoms with van der Waals surface area (Å²) < 4.78 is 75.9. The normalized spacial score (nSPS) is 14.9. The molecular formula is C29H28ClN2NaO7S3. The van der Waals surface area contributed by atoms with Gasteiger partial charge in [0.05, 0.1) is 42.4 Å². The van der Waals surface area contributed by atoms with Gasteiger partial charge in [0, 0.05) is 34.4 Å². The van der Waals surface area contributed by atoms with Gasteiger partial charge in [-0.3, -0.25) is 0 Å². The fourth-order valence-corrected chi connectivity index (χ4v) is 7.25. The van der Waals surface area contributed by atoms with E-state index in [9.17, 15) is 25.9 Å². The summed E-state index contributed by atoms with van der Waals surface area (Å²) in [4.78, 5) is 2.91. The number of thioether (sulfide) groups is 1. The van der Waals surface area contributed by atoms with Crippen LogP contribution in [0, 0.1) is 0 Å². The van der Waals surface area contributed by atoms with Crippen molar-refractivity contribution in [3.05, 3.63) is 82.2 Å². The van der Waals surface area contributed by atoms with Gasteiger partial charge in [0.25, 0.3) is 5.52 Å². The first-order valence-electron chi connectivity index (χ1n) is 13.3. The van der Waals surface area contributed by atoms with Crippen molar-refractivity contribution in [2.45, 2.75) is 37.6 Å². The van der Waals surface area contributed by atoms with E-state index >= 15 is 0 Å². The van der Waals surface area contributed by atoms with Crippen LogP contribution in [0.4, 0.5) is 5.69 Å². The zero-order valence-electron chi connectivity index (χ0n) is 23.7. The molecule has 0 radical (unpaired) electrons. The van der Waals surface area contributed by atoms with Gasteiger partial charge in [0.1, 0.15) is 0 Å². The number of oxazole rings is 1. The Bertz CT molecular complexity index is 1940. The molecule has 0 unspecified atom stereocenters. The second-order valence-electron chi connectivity index (χ2n) is 9.88.